The van der Waals surface area contributed by atoms with E-state index in [-0.39, 0.29) is 5.91 Å². The average molecular weight is 423 g/mol. The molecule has 6 nitrogen and oxygen atoms in total. The molecule has 1 N–H and O–H groups in total. The Morgan fingerprint density at radius 3 is 2.52 bits per heavy atom. The molecule has 1 fully saturated rings. The lowest BCUT2D eigenvalue weighted by Crippen LogP contribution is -2.44. The van der Waals surface area contributed by atoms with Gasteiger partial charge in [-0.15, -0.1) is 0 Å². The molecule has 0 saturated carbocycles. The van der Waals surface area contributed by atoms with Crippen molar-refractivity contribution in [3.63, 3.8) is 0 Å². The van der Waals surface area contributed by atoms with Crippen LogP contribution in [0.5, 0.6) is 0 Å². The van der Waals surface area contributed by atoms with Gasteiger partial charge in [0.1, 0.15) is 18.0 Å². The van der Waals surface area contributed by atoms with E-state index in [4.69, 9.17) is 0 Å². The SMILES string of the molecule is CN1CCN(c2cc(NC(=O)c3ccc(I)cc3)ncn2)CC1. The Labute approximate surface area is 149 Å². The molecule has 0 aliphatic carbocycles. The third-order valence-electron chi connectivity index (χ3n) is 3.83. The topological polar surface area (TPSA) is 61.4 Å². The highest BCUT2D eigenvalue weighted by atomic mass is 127. The maximum Gasteiger partial charge on any atom is 0.256 e. The van der Waals surface area contributed by atoms with Crippen molar-refractivity contribution in [1.82, 2.24) is 14.9 Å². The van der Waals surface area contributed by atoms with E-state index in [1.165, 1.54) is 6.33 Å². The molecule has 0 radical (unpaired) electrons. The van der Waals surface area contributed by atoms with Crippen LogP contribution in [-0.2, 0) is 0 Å². The second-order valence-corrected chi connectivity index (χ2v) is 6.76. The minimum atomic E-state index is -0.163. The fraction of sp³-hybridized carbons (Fsp3) is 0.312. The van der Waals surface area contributed by atoms with Gasteiger partial charge in [-0.1, -0.05) is 0 Å². The summed E-state index contributed by atoms with van der Waals surface area (Å²) in [5.74, 6) is 1.22. The number of aromatic nitrogens is 2. The van der Waals surface area contributed by atoms with Crippen LogP contribution in [0.15, 0.2) is 36.7 Å². The van der Waals surface area contributed by atoms with Crippen molar-refractivity contribution in [2.75, 3.05) is 43.4 Å². The predicted octanol–water partition coefficient (Wildman–Crippen LogP) is 2.09. The lowest BCUT2D eigenvalue weighted by Gasteiger charge is -2.33. The van der Waals surface area contributed by atoms with Gasteiger partial charge in [0.05, 0.1) is 0 Å². The van der Waals surface area contributed by atoms with Crippen molar-refractivity contribution in [3.05, 3.63) is 45.8 Å². The summed E-state index contributed by atoms with van der Waals surface area (Å²) in [4.78, 5) is 25.2. The van der Waals surface area contributed by atoms with E-state index in [0.29, 0.717) is 11.4 Å². The molecule has 0 atom stereocenters. The van der Waals surface area contributed by atoms with Crippen molar-refractivity contribution in [2.24, 2.45) is 0 Å². The van der Waals surface area contributed by atoms with Crippen molar-refractivity contribution < 1.29 is 4.79 Å². The zero-order valence-electron chi connectivity index (χ0n) is 12.9. The maximum atomic E-state index is 12.3. The smallest absolute Gasteiger partial charge is 0.256 e. The minimum absolute atomic E-state index is 0.163. The molecule has 120 valence electrons. The Morgan fingerprint density at radius 2 is 1.83 bits per heavy atom. The van der Waals surface area contributed by atoms with Crippen molar-refractivity contribution in [2.45, 2.75) is 0 Å². The number of nitrogens with zero attached hydrogens (tertiary/aromatic N) is 4. The Balaban J connectivity index is 1.70. The van der Waals surface area contributed by atoms with Gasteiger partial charge in [-0.25, -0.2) is 9.97 Å². The standard InChI is InChI=1S/C16H18IN5O/c1-21-6-8-22(9-7-21)15-10-14(18-11-19-15)20-16(23)12-2-4-13(17)5-3-12/h2-5,10-11H,6-9H2,1H3,(H,18,19,20,23). The number of nitrogens with one attached hydrogen (secondary N) is 1. The Kier molecular flexibility index (Phi) is 5.06. The number of likely N-dealkylation sites (N-methyl/N-ethyl adjacent to an activating group) is 1. The zero-order chi connectivity index (χ0) is 16.2. The minimum Gasteiger partial charge on any atom is -0.354 e. The lowest BCUT2D eigenvalue weighted by atomic mass is 10.2. The molecule has 1 aliphatic heterocycles. The molecule has 1 aliphatic rings. The molecular formula is C16H18IN5O. The normalized spacial score (nSPS) is 15.5. The van der Waals surface area contributed by atoms with Crippen LogP contribution >= 0.6 is 22.6 Å². The number of halogens is 1. The highest BCUT2D eigenvalue weighted by molar-refractivity contribution is 14.1. The molecule has 0 unspecified atom stereocenters. The molecule has 23 heavy (non-hydrogen) atoms. The maximum absolute atomic E-state index is 12.3. The van der Waals surface area contributed by atoms with Crippen LogP contribution in [0.1, 0.15) is 10.4 Å². The number of hydrogen-bond acceptors (Lipinski definition) is 5. The second-order valence-electron chi connectivity index (χ2n) is 5.51. The summed E-state index contributed by atoms with van der Waals surface area (Å²) in [5.41, 5.74) is 0.616. The van der Waals surface area contributed by atoms with Crippen LogP contribution in [0.4, 0.5) is 11.6 Å². The summed E-state index contributed by atoms with van der Waals surface area (Å²) in [6, 6.07) is 9.26. The van der Waals surface area contributed by atoms with E-state index in [2.05, 4.69) is 54.7 Å². The molecule has 0 bridgehead atoms. The molecule has 1 saturated heterocycles. The number of amides is 1. The Morgan fingerprint density at radius 1 is 1.13 bits per heavy atom. The molecule has 1 amide bonds. The first kappa shape index (κ1) is 16.1. The third-order valence-corrected chi connectivity index (χ3v) is 4.55. The van der Waals surface area contributed by atoms with E-state index in [1.54, 1.807) is 12.1 Å². The average Bonchev–Trinajstić information content (AvgIpc) is 2.56. The number of benzene rings is 1. The third kappa shape index (κ3) is 4.17. The van der Waals surface area contributed by atoms with Crippen LogP contribution in [0.25, 0.3) is 0 Å². The number of hydrogen-bond donors (Lipinski definition) is 1. The first-order valence-electron chi connectivity index (χ1n) is 7.44. The summed E-state index contributed by atoms with van der Waals surface area (Å²) in [5, 5.41) is 2.84. The van der Waals surface area contributed by atoms with Crippen molar-refractivity contribution >= 4 is 40.1 Å². The van der Waals surface area contributed by atoms with Gasteiger partial charge >= 0.3 is 0 Å². The first-order valence-corrected chi connectivity index (χ1v) is 8.52. The van der Waals surface area contributed by atoms with Gasteiger partial charge in [-0.2, -0.15) is 0 Å². The van der Waals surface area contributed by atoms with Gasteiger partial charge in [0, 0.05) is 41.4 Å². The Hall–Kier alpha value is -1.74. The van der Waals surface area contributed by atoms with Crippen molar-refractivity contribution in [3.8, 4) is 0 Å². The van der Waals surface area contributed by atoms with Crippen molar-refractivity contribution in [1.29, 1.82) is 0 Å². The zero-order valence-corrected chi connectivity index (χ0v) is 15.0. The molecule has 1 aromatic heterocycles. The van der Waals surface area contributed by atoms with Gasteiger partial charge in [-0.3, -0.25) is 4.79 Å². The van der Waals surface area contributed by atoms with E-state index < -0.39 is 0 Å². The van der Waals surface area contributed by atoms with Crippen LogP contribution in [0, 0.1) is 3.57 Å². The number of rotatable bonds is 3. The molecule has 7 heteroatoms. The number of carbonyl (C=O) groups is 1. The monoisotopic (exact) mass is 423 g/mol. The fourth-order valence-corrected chi connectivity index (χ4v) is 2.77. The highest BCUT2D eigenvalue weighted by Gasteiger charge is 2.16. The van der Waals surface area contributed by atoms with Gasteiger partial charge in [0.25, 0.3) is 5.91 Å². The van der Waals surface area contributed by atoms with E-state index in [9.17, 15) is 4.79 Å². The van der Waals surface area contributed by atoms with Gasteiger partial charge < -0.3 is 15.1 Å². The summed E-state index contributed by atoms with van der Waals surface area (Å²) < 4.78 is 1.10. The molecule has 0 spiro atoms. The van der Waals surface area contributed by atoms with E-state index in [1.807, 2.05) is 18.2 Å². The number of anilines is 2. The summed E-state index contributed by atoms with van der Waals surface area (Å²) in [7, 11) is 2.12. The highest BCUT2D eigenvalue weighted by Crippen LogP contribution is 2.16. The first-order chi connectivity index (χ1) is 11.1. The summed E-state index contributed by atoms with van der Waals surface area (Å²) in [6.07, 6.45) is 1.50. The van der Waals surface area contributed by atoms with E-state index in [0.717, 1.165) is 35.6 Å². The van der Waals surface area contributed by atoms with Crippen LogP contribution in [0.3, 0.4) is 0 Å². The Bertz CT molecular complexity index is 683. The van der Waals surface area contributed by atoms with Crippen LogP contribution in [-0.4, -0.2) is 54.0 Å². The second kappa shape index (κ2) is 7.22. The van der Waals surface area contributed by atoms with Gasteiger partial charge in [-0.05, 0) is 53.9 Å². The molecule has 2 heterocycles. The summed E-state index contributed by atoms with van der Waals surface area (Å²) >= 11 is 2.21. The number of carbonyl (C=O) groups excluding carboxylic acids is 1. The molecule has 1 aromatic carbocycles. The summed E-state index contributed by atoms with van der Waals surface area (Å²) in [6.45, 7) is 3.87. The molecular weight excluding hydrogens is 405 g/mol. The van der Waals surface area contributed by atoms with Crippen LogP contribution < -0.4 is 10.2 Å². The fourth-order valence-electron chi connectivity index (χ4n) is 2.41. The number of piperazine rings is 1. The van der Waals surface area contributed by atoms with Gasteiger partial charge in [0.2, 0.25) is 0 Å². The van der Waals surface area contributed by atoms with Crippen LogP contribution in [0.2, 0.25) is 0 Å². The quantitative estimate of drug-likeness (QED) is 0.767. The lowest BCUT2D eigenvalue weighted by molar-refractivity contribution is 0.102. The van der Waals surface area contributed by atoms with E-state index >= 15 is 0 Å². The van der Waals surface area contributed by atoms with Gasteiger partial charge in [0.15, 0.2) is 0 Å². The molecule has 3 rings (SSSR count). The predicted molar refractivity (Wildman–Crippen MR) is 98.9 cm³/mol. The largest absolute Gasteiger partial charge is 0.354 e. The molecule has 2 aromatic rings.